The molecule has 1 aromatic rings. The van der Waals surface area contributed by atoms with Gasteiger partial charge in [-0.15, -0.1) is 0 Å². The molecule has 5 nitrogen and oxygen atoms in total. The van der Waals surface area contributed by atoms with Gasteiger partial charge in [0.1, 0.15) is 5.75 Å². The van der Waals surface area contributed by atoms with Gasteiger partial charge in [0.15, 0.2) is 0 Å². The lowest BCUT2D eigenvalue weighted by molar-refractivity contribution is 0.171. The molecule has 0 aromatic heterocycles. The Kier molecular flexibility index (Phi) is 4.78. The number of aliphatic hydroxyl groups excluding tert-OH is 1. The maximum atomic E-state index is 10.7. The molecule has 1 unspecified atom stereocenters. The van der Waals surface area contributed by atoms with E-state index in [1.165, 1.54) is 7.11 Å². The Morgan fingerprint density at radius 2 is 2.24 bits per heavy atom. The zero-order valence-corrected chi connectivity index (χ0v) is 9.93. The van der Waals surface area contributed by atoms with Gasteiger partial charge in [0, 0.05) is 12.5 Å². The zero-order chi connectivity index (χ0) is 12.8. The summed E-state index contributed by atoms with van der Waals surface area (Å²) in [5, 5.41) is 20.6. The maximum absolute atomic E-state index is 10.7. The number of hydrogen-bond acceptors (Lipinski definition) is 3. The third-order valence-corrected chi connectivity index (χ3v) is 2.49. The van der Waals surface area contributed by atoms with Gasteiger partial charge in [-0.25, -0.2) is 4.79 Å². The summed E-state index contributed by atoms with van der Waals surface area (Å²) in [6, 6.07) is 5.10. The molecule has 1 atom stereocenters. The Labute approximate surface area is 100 Å². The first-order valence-electron chi connectivity index (χ1n) is 5.41. The fourth-order valence-corrected chi connectivity index (χ4v) is 1.49. The van der Waals surface area contributed by atoms with Gasteiger partial charge in [-0.3, -0.25) is 5.32 Å². The zero-order valence-electron chi connectivity index (χ0n) is 9.93. The van der Waals surface area contributed by atoms with Crippen LogP contribution < -0.4 is 10.1 Å². The standard InChI is InChI=1S/C12H17NO4/c1-3-9(14)6-8-4-5-10(17-2)7-11(8)13-12(15)16/h4-5,7,9,13-14H,3,6H2,1-2H3,(H,15,16). The van der Waals surface area contributed by atoms with Crippen LogP contribution >= 0.6 is 0 Å². The molecule has 0 heterocycles. The van der Waals surface area contributed by atoms with Gasteiger partial charge in [0.2, 0.25) is 0 Å². The van der Waals surface area contributed by atoms with Crippen molar-refractivity contribution in [3.05, 3.63) is 23.8 Å². The average Bonchev–Trinajstić information content (AvgIpc) is 2.30. The summed E-state index contributed by atoms with van der Waals surface area (Å²) >= 11 is 0. The van der Waals surface area contributed by atoms with Crippen molar-refractivity contribution < 1.29 is 19.7 Å². The summed E-state index contributed by atoms with van der Waals surface area (Å²) in [7, 11) is 1.51. The molecule has 0 bridgehead atoms. The number of anilines is 1. The van der Waals surface area contributed by atoms with E-state index in [9.17, 15) is 9.90 Å². The molecule has 17 heavy (non-hydrogen) atoms. The third-order valence-electron chi connectivity index (χ3n) is 2.49. The van der Waals surface area contributed by atoms with E-state index in [4.69, 9.17) is 9.84 Å². The number of rotatable bonds is 5. The van der Waals surface area contributed by atoms with Crippen LogP contribution in [0.2, 0.25) is 0 Å². The number of nitrogens with one attached hydrogen (secondary N) is 1. The Morgan fingerprint density at radius 1 is 1.53 bits per heavy atom. The van der Waals surface area contributed by atoms with Crippen LogP contribution in [0.3, 0.4) is 0 Å². The highest BCUT2D eigenvalue weighted by atomic mass is 16.5. The van der Waals surface area contributed by atoms with E-state index >= 15 is 0 Å². The largest absolute Gasteiger partial charge is 0.497 e. The van der Waals surface area contributed by atoms with Crippen molar-refractivity contribution in [3.8, 4) is 5.75 Å². The lowest BCUT2D eigenvalue weighted by Gasteiger charge is -2.13. The van der Waals surface area contributed by atoms with E-state index < -0.39 is 12.2 Å². The number of hydrogen-bond donors (Lipinski definition) is 3. The van der Waals surface area contributed by atoms with Crippen LogP contribution in [-0.2, 0) is 6.42 Å². The number of amides is 1. The second-order valence-electron chi connectivity index (χ2n) is 3.72. The predicted octanol–water partition coefficient (Wildman–Crippen LogP) is 2.10. The monoisotopic (exact) mass is 239 g/mol. The van der Waals surface area contributed by atoms with E-state index in [0.29, 0.717) is 24.3 Å². The lowest BCUT2D eigenvalue weighted by atomic mass is 10.0. The van der Waals surface area contributed by atoms with E-state index in [-0.39, 0.29) is 0 Å². The smallest absolute Gasteiger partial charge is 0.409 e. The minimum Gasteiger partial charge on any atom is -0.497 e. The number of carboxylic acid groups (broad SMARTS) is 1. The van der Waals surface area contributed by atoms with Crippen molar-refractivity contribution >= 4 is 11.8 Å². The molecule has 0 saturated carbocycles. The predicted molar refractivity (Wildman–Crippen MR) is 64.6 cm³/mol. The van der Waals surface area contributed by atoms with Crippen LogP contribution in [0.25, 0.3) is 0 Å². The maximum Gasteiger partial charge on any atom is 0.409 e. The quantitative estimate of drug-likeness (QED) is 0.735. The van der Waals surface area contributed by atoms with Crippen molar-refractivity contribution in [2.45, 2.75) is 25.9 Å². The van der Waals surface area contributed by atoms with Crippen LogP contribution in [0.4, 0.5) is 10.5 Å². The molecule has 1 amide bonds. The number of aliphatic hydroxyl groups is 1. The number of methoxy groups -OCH3 is 1. The highest BCUT2D eigenvalue weighted by Gasteiger charge is 2.10. The van der Waals surface area contributed by atoms with Crippen LogP contribution in [0, 0.1) is 0 Å². The van der Waals surface area contributed by atoms with E-state index in [1.807, 2.05) is 6.92 Å². The summed E-state index contributed by atoms with van der Waals surface area (Å²) in [6.07, 6.45) is -0.572. The number of ether oxygens (including phenoxy) is 1. The van der Waals surface area contributed by atoms with Crippen LogP contribution in [0.1, 0.15) is 18.9 Å². The molecule has 0 aliphatic carbocycles. The molecule has 1 rings (SSSR count). The van der Waals surface area contributed by atoms with E-state index in [1.54, 1.807) is 18.2 Å². The molecule has 0 radical (unpaired) electrons. The van der Waals surface area contributed by atoms with Gasteiger partial charge in [-0.2, -0.15) is 0 Å². The Morgan fingerprint density at radius 3 is 2.76 bits per heavy atom. The molecular weight excluding hydrogens is 222 g/mol. The molecule has 0 saturated heterocycles. The molecule has 5 heteroatoms. The van der Waals surface area contributed by atoms with E-state index in [0.717, 1.165) is 5.56 Å². The van der Waals surface area contributed by atoms with Crippen LogP contribution in [0.15, 0.2) is 18.2 Å². The Hall–Kier alpha value is -1.75. The molecule has 0 spiro atoms. The number of carbonyl (C=O) groups is 1. The van der Waals surface area contributed by atoms with Gasteiger partial charge >= 0.3 is 6.09 Å². The first kappa shape index (κ1) is 13.3. The molecule has 0 aliphatic heterocycles. The van der Waals surface area contributed by atoms with Gasteiger partial charge < -0.3 is 14.9 Å². The molecule has 0 fully saturated rings. The van der Waals surface area contributed by atoms with Gasteiger partial charge in [0.05, 0.1) is 18.9 Å². The van der Waals surface area contributed by atoms with Crippen molar-refractivity contribution in [1.29, 1.82) is 0 Å². The first-order chi connectivity index (χ1) is 8.06. The van der Waals surface area contributed by atoms with Crippen molar-refractivity contribution in [2.24, 2.45) is 0 Å². The second-order valence-corrected chi connectivity index (χ2v) is 3.72. The molecule has 3 N–H and O–H groups in total. The topological polar surface area (TPSA) is 78.8 Å². The summed E-state index contributed by atoms with van der Waals surface area (Å²) in [5.74, 6) is 0.573. The van der Waals surface area contributed by atoms with Crippen LogP contribution in [-0.4, -0.2) is 29.5 Å². The fraction of sp³-hybridized carbons (Fsp3) is 0.417. The van der Waals surface area contributed by atoms with Crippen molar-refractivity contribution in [2.75, 3.05) is 12.4 Å². The summed E-state index contributed by atoms with van der Waals surface area (Å²) < 4.78 is 5.03. The first-order valence-corrected chi connectivity index (χ1v) is 5.41. The highest BCUT2D eigenvalue weighted by Crippen LogP contribution is 2.24. The van der Waals surface area contributed by atoms with Gasteiger partial charge in [0.25, 0.3) is 0 Å². The molecule has 94 valence electrons. The van der Waals surface area contributed by atoms with E-state index in [2.05, 4.69) is 5.32 Å². The second kappa shape index (κ2) is 6.10. The molecule has 1 aromatic carbocycles. The summed E-state index contributed by atoms with van der Waals surface area (Å²) in [5.41, 5.74) is 1.20. The van der Waals surface area contributed by atoms with Crippen molar-refractivity contribution in [1.82, 2.24) is 0 Å². The number of benzene rings is 1. The summed E-state index contributed by atoms with van der Waals surface area (Å²) in [6.45, 7) is 1.87. The van der Waals surface area contributed by atoms with Crippen LogP contribution in [0.5, 0.6) is 5.75 Å². The van der Waals surface area contributed by atoms with Gasteiger partial charge in [-0.1, -0.05) is 13.0 Å². The summed E-state index contributed by atoms with van der Waals surface area (Å²) in [4.78, 5) is 10.7. The Bertz CT molecular complexity index is 392. The minimum absolute atomic E-state index is 0.413. The minimum atomic E-state index is -1.13. The molecule has 0 aliphatic rings. The van der Waals surface area contributed by atoms with Gasteiger partial charge in [-0.05, 0) is 18.1 Å². The fourth-order valence-electron chi connectivity index (χ4n) is 1.49. The highest BCUT2D eigenvalue weighted by molar-refractivity contribution is 5.84. The van der Waals surface area contributed by atoms with Crippen molar-refractivity contribution in [3.63, 3.8) is 0 Å². The third kappa shape index (κ3) is 3.96. The normalized spacial score (nSPS) is 11.9. The average molecular weight is 239 g/mol. The molecular formula is C12H17NO4. The SMILES string of the molecule is CCC(O)Cc1ccc(OC)cc1NC(=O)O. The lowest BCUT2D eigenvalue weighted by Crippen LogP contribution is -2.14. The Balaban J connectivity index is 2.97.